The number of hydrogen-bond acceptors (Lipinski definition) is 6. The van der Waals surface area contributed by atoms with E-state index in [-0.39, 0.29) is 23.2 Å². The third kappa shape index (κ3) is 2.75. The molecule has 2 heterocycles. The molecule has 0 saturated heterocycles. The van der Waals surface area contributed by atoms with E-state index in [9.17, 15) is 13.6 Å². The van der Waals surface area contributed by atoms with E-state index in [0.29, 0.717) is 12.0 Å². The van der Waals surface area contributed by atoms with Gasteiger partial charge in [-0.1, -0.05) is 0 Å². The molecule has 5 N–H and O–H groups in total. The van der Waals surface area contributed by atoms with Gasteiger partial charge in [0.2, 0.25) is 5.88 Å². The van der Waals surface area contributed by atoms with Crippen molar-refractivity contribution in [2.75, 3.05) is 7.05 Å². The highest BCUT2D eigenvalue weighted by molar-refractivity contribution is 5.96. The number of carbonyl (C=O) groups excluding carboxylic acids is 1. The van der Waals surface area contributed by atoms with E-state index in [1.807, 2.05) is 6.92 Å². The molecular formula is C15H19F2N5O2. The molecule has 3 rings (SSSR count). The van der Waals surface area contributed by atoms with Crippen molar-refractivity contribution in [2.24, 2.45) is 10.7 Å². The highest BCUT2D eigenvalue weighted by atomic mass is 19.1. The number of nitrogens with two attached hydrogens (primary N) is 1. The number of nitrogens with zero attached hydrogens (tertiary/aromatic N) is 1. The lowest BCUT2D eigenvalue weighted by Gasteiger charge is -2.28. The summed E-state index contributed by atoms with van der Waals surface area (Å²) in [5.74, 6) is -1.10. The number of aliphatic imine (C=N–C) groups is 1. The fraction of sp³-hybridized carbons (Fsp3) is 0.467. The summed E-state index contributed by atoms with van der Waals surface area (Å²) in [5, 5.41) is 7.97. The number of nitrogens with one attached hydrogen (secondary N) is 3. The van der Waals surface area contributed by atoms with Crippen LogP contribution in [0.2, 0.25) is 0 Å². The number of allylic oxidation sites excluding steroid dienone is 1. The lowest BCUT2D eigenvalue weighted by molar-refractivity contribution is -0.117. The number of halogens is 2. The molecule has 1 amide bonds. The Bertz CT molecular complexity index is 685. The van der Waals surface area contributed by atoms with Crippen LogP contribution in [0, 0.1) is 0 Å². The summed E-state index contributed by atoms with van der Waals surface area (Å²) in [4.78, 5) is 15.8. The van der Waals surface area contributed by atoms with Crippen LogP contribution in [0.15, 0.2) is 39.6 Å². The van der Waals surface area contributed by atoms with E-state index in [1.54, 1.807) is 0 Å². The zero-order valence-electron chi connectivity index (χ0n) is 13.3. The van der Waals surface area contributed by atoms with Crippen molar-refractivity contribution >= 4 is 12.2 Å². The Morgan fingerprint density at radius 2 is 2.29 bits per heavy atom. The molecule has 0 saturated carbocycles. The van der Waals surface area contributed by atoms with Crippen molar-refractivity contribution in [3.05, 3.63) is 34.6 Å². The zero-order chi connectivity index (χ0) is 17.4. The van der Waals surface area contributed by atoms with E-state index in [2.05, 4.69) is 20.9 Å². The fourth-order valence-corrected chi connectivity index (χ4v) is 2.97. The van der Waals surface area contributed by atoms with Gasteiger partial charge < -0.3 is 26.4 Å². The second-order valence-corrected chi connectivity index (χ2v) is 5.84. The van der Waals surface area contributed by atoms with Gasteiger partial charge in [-0.3, -0.25) is 9.79 Å². The number of ether oxygens (including phenoxy) is 1. The zero-order valence-corrected chi connectivity index (χ0v) is 13.3. The summed E-state index contributed by atoms with van der Waals surface area (Å²) in [6.45, 7) is 1.85. The summed E-state index contributed by atoms with van der Waals surface area (Å²) >= 11 is 0. The maximum absolute atomic E-state index is 14.8. The molecule has 1 aliphatic carbocycles. The molecule has 0 fully saturated rings. The molecule has 9 heteroatoms. The second-order valence-electron chi connectivity index (χ2n) is 5.84. The van der Waals surface area contributed by atoms with Gasteiger partial charge >= 0.3 is 0 Å². The van der Waals surface area contributed by atoms with Crippen LogP contribution in [0.3, 0.4) is 0 Å². The van der Waals surface area contributed by atoms with Crippen molar-refractivity contribution < 1.29 is 18.3 Å². The minimum Gasteiger partial charge on any atom is -0.467 e. The van der Waals surface area contributed by atoms with Crippen molar-refractivity contribution in [1.29, 1.82) is 0 Å². The van der Waals surface area contributed by atoms with Gasteiger partial charge in [-0.15, -0.1) is 0 Å². The van der Waals surface area contributed by atoms with Gasteiger partial charge in [0.15, 0.2) is 12.3 Å². The molecule has 2 unspecified atom stereocenters. The van der Waals surface area contributed by atoms with Crippen molar-refractivity contribution in [3.63, 3.8) is 0 Å². The summed E-state index contributed by atoms with van der Waals surface area (Å²) in [6.07, 6.45) is -0.953. The smallest absolute Gasteiger partial charge is 0.255 e. The third-order valence-corrected chi connectivity index (χ3v) is 4.11. The van der Waals surface area contributed by atoms with Crippen LogP contribution in [0.4, 0.5) is 8.78 Å². The molecule has 0 aromatic carbocycles. The normalized spacial score (nSPS) is 32.0. The summed E-state index contributed by atoms with van der Waals surface area (Å²) in [7, 11) is 1.43. The molecule has 0 spiro atoms. The number of amides is 1. The molecule has 7 nitrogen and oxygen atoms in total. The Morgan fingerprint density at radius 1 is 1.54 bits per heavy atom. The van der Waals surface area contributed by atoms with E-state index < -0.39 is 30.2 Å². The average molecular weight is 339 g/mol. The van der Waals surface area contributed by atoms with Crippen LogP contribution in [-0.4, -0.2) is 43.8 Å². The predicted octanol–water partition coefficient (Wildman–Crippen LogP) is 0.0865. The minimum atomic E-state index is -1.52. The maximum Gasteiger partial charge on any atom is 0.255 e. The first-order valence-corrected chi connectivity index (χ1v) is 7.60. The second kappa shape index (κ2) is 6.23. The van der Waals surface area contributed by atoms with Gasteiger partial charge in [-0.25, -0.2) is 8.78 Å². The number of alkyl halides is 1. The third-order valence-electron chi connectivity index (χ3n) is 4.11. The van der Waals surface area contributed by atoms with Gasteiger partial charge in [0.25, 0.3) is 5.91 Å². The molecule has 24 heavy (non-hydrogen) atoms. The first-order chi connectivity index (χ1) is 11.4. The van der Waals surface area contributed by atoms with Crippen LogP contribution >= 0.6 is 0 Å². The van der Waals surface area contributed by atoms with Crippen molar-refractivity contribution in [3.8, 4) is 0 Å². The lowest BCUT2D eigenvalue weighted by atomic mass is 9.96. The SMILES string of the molecule is CNC(=O)C1=C(O[C@H]2C=C(F)C3=C(CC(C)N3)C2F)NC=N[C@@H]1N. The Labute approximate surface area is 137 Å². The van der Waals surface area contributed by atoms with Gasteiger partial charge in [-0.2, -0.15) is 0 Å². The minimum absolute atomic E-state index is 0.0266. The van der Waals surface area contributed by atoms with Crippen LogP contribution in [0.5, 0.6) is 0 Å². The van der Waals surface area contributed by atoms with E-state index >= 15 is 0 Å². The Balaban J connectivity index is 1.87. The average Bonchev–Trinajstić information content (AvgIpc) is 2.94. The van der Waals surface area contributed by atoms with Crippen molar-refractivity contribution in [1.82, 2.24) is 16.0 Å². The highest BCUT2D eigenvalue weighted by Crippen LogP contribution is 2.36. The monoisotopic (exact) mass is 339 g/mol. The maximum atomic E-state index is 14.8. The van der Waals surface area contributed by atoms with Crippen LogP contribution in [-0.2, 0) is 9.53 Å². The van der Waals surface area contributed by atoms with E-state index in [0.717, 1.165) is 6.08 Å². The number of carbonyl (C=O) groups is 1. The summed E-state index contributed by atoms with van der Waals surface area (Å²) < 4.78 is 34.5. The number of hydrogen-bond donors (Lipinski definition) is 4. The Kier molecular flexibility index (Phi) is 4.27. The number of likely N-dealkylation sites (N-methyl/N-ethyl adjacent to an activating group) is 1. The highest BCUT2D eigenvalue weighted by Gasteiger charge is 2.39. The van der Waals surface area contributed by atoms with Gasteiger partial charge in [0.1, 0.15) is 17.6 Å². The molecule has 0 bridgehead atoms. The fourth-order valence-electron chi connectivity index (χ4n) is 2.97. The van der Waals surface area contributed by atoms with Gasteiger partial charge in [0, 0.05) is 13.1 Å². The standard InChI is InChI=1S/C15H19F2N5O2/c1-6-3-7-11(17)9(4-8(16)12(7)22-6)24-15-10(14(23)19-2)13(18)20-5-21-15/h4-6,9,11,13,22H,3,18H2,1-2H3,(H,19,23)(H,20,21)/t6?,9-,11?,13-/m0/s1. The molecule has 0 radical (unpaired) electrons. The van der Waals surface area contributed by atoms with Gasteiger partial charge in [0.05, 0.1) is 12.0 Å². The van der Waals surface area contributed by atoms with Crippen LogP contribution in [0.25, 0.3) is 0 Å². The topological polar surface area (TPSA) is 101 Å². The number of rotatable bonds is 3. The van der Waals surface area contributed by atoms with Crippen LogP contribution in [0.1, 0.15) is 13.3 Å². The van der Waals surface area contributed by atoms with Gasteiger partial charge in [-0.05, 0) is 25.0 Å². The molecule has 0 aromatic rings. The largest absolute Gasteiger partial charge is 0.467 e. The Hall–Kier alpha value is -2.42. The Morgan fingerprint density at radius 3 is 3.00 bits per heavy atom. The molecule has 130 valence electrons. The van der Waals surface area contributed by atoms with E-state index in [1.165, 1.54) is 13.4 Å². The first-order valence-electron chi connectivity index (χ1n) is 7.60. The molecule has 0 aromatic heterocycles. The quantitative estimate of drug-likeness (QED) is 0.584. The predicted molar refractivity (Wildman–Crippen MR) is 83.9 cm³/mol. The summed E-state index contributed by atoms with van der Waals surface area (Å²) in [5.41, 5.74) is 6.34. The summed E-state index contributed by atoms with van der Waals surface area (Å²) in [6, 6.07) is -0.0415. The van der Waals surface area contributed by atoms with Crippen molar-refractivity contribution in [2.45, 2.75) is 37.8 Å². The molecule has 3 aliphatic rings. The molecule has 4 atom stereocenters. The van der Waals surface area contributed by atoms with Crippen LogP contribution < -0.4 is 21.7 Å². The molecule has 2 aliphatic heterocycles. The molecular weight excluding hydrogens is 320 g/mol. The van der Waals surface area contributed by atoms with E-state index in [4.69, 9.17) is 10.5 Å². The first kappa shape index (κ1) is 16.4. The lowest BCUT2D eigenvalue weighted by Crippen LogP contribution is -2.41.